The minimum absolute atomic E-state index is 0.00519. The van der Waals surface area contributed by atoms with Crippen LogP contribution in [0.1, 0.15) is 39.5 Å². The first-order valence-electron chi connectivity index (χ1n) is 7.85. The Bertz CT molecular complexity index is 404. The van der Waals surface area contributed by atoms with Gasteiger partial charge in [-0.15, -0.1) is 0 Å². The van der Waals surface area contributed by atoms with Crippen LogP contribution < -0.4 is 0 Å². The van der Waals surface area contributed by atoms with Crippen molar-refractivity contribution >= 4 is 12.0 Å². The van der Waals surface area contributed by atoms with Crippen molar-refractivity contribution in [3.8, 4) is 0 Å². The largest absolute Gasteiger partial charge is 0.481 e. The smallest absolute Gasteiger partial charge is 0.320 e. The quantitative estimate of drug-likeness (QED) is 0.825. The normalized spacial score (nSPS) is 28.7. The minimum Gasteiger partial charge on any atom is -0.481 e. The molecule has 0 radical (unpaired) electrons. The molecule has 0 saturated carbocycles. The van der Waals surface area contributed by atoms with Crippen LogP contribution in [0.15, 0.2) is 0 Å². The minimum atomic E-state index is -0.750. The van der Waals surface area contributed by atoms with Gasteiger partial charge in [0.1, 0.15) is 0 Å². The van der Waals surface area contributed by atoms with E-state index in [9.17, 15) is 19.8 Å². The van der Waals surface area contributed by atoms with Gasteiger partial charge in [-0.2, -0.15) is 0 Å². The van der Waals surface area contributed by atoms with Gasteiger partial charge in [-0.05, 0) is 31.6 Å². The molecule has 21 heavy (non-hydrogen) atoms. The third kappa shape index (κ3) is 2.86. The van der Waals surface area contributed by atoms with Crippen LogP contribution in [0.2, 0.25) is 0 Å². The summed E-state index contributed by atoms with van der Waals surface area (Å²) < 4.78 is 0. The lowest BCUT2D eigenvalue weighted by Crippen LogP contribution is -2.52. The van der Waals surface area contributed by atoms with Crippen molar-refractivity contribution in [2.75, 3.05) is 26.2 Å². The molecule has 0 aromatic rings. The summed E-state index contributed by atoms with van der Waals surface area (Å²) in [5, 5.41) is 18.9. The lowest BCUT2D eigenvalue weighted by Gasteiger charge is -2.40. The average Bonchev–Trinajstić information content (AvgIpc) is 2.87. The maximum absolute atomic E-state index is 12.6. The highest BCUT2D eigenvalue weighted by molar-refractivity contribution is 5.77. The molecule has 0 aliphatic carbocycles. The zero-order chi connectivity index (χ0) is 15.6. The Kier molecular flexibility index (Phi) is 4.76. The SMILES string of the molecule is CCC1(C(=O)O)CCN(C(=O)N2CCC(C)C2CO)CC1. The molecule has 6 heteroatoms. The van der Waals surface area contributed by atoms with Crippen molar-refractivity contribution < 1.29 is 19.8 Å². The molecule has 120 valence electrons. The number of nitrogens with zero attached hydrogens (tertiary/aromatic N) is 2. The molecule has 2 heterocycles. The highest BCUT2D eigenvalue weighted by atomic mass is 16.4. The first kappa shape index (κ1) is 16.1. The van der Waals surface area contributed by atoms with Gasteiger partial charge in [-0.1, -0.05) is 13.8 Å². The lowest BCUT2D eigenvalue weighted by atomic mass is 9.76. The van der Waals surface area contributed by atoms with Gasteiger partial charge in [-0.3, -0.25) is 4.79 Å². The van der Waals surface area contributed by atoms with E-state index in [2.05, 4.69) is 6.92 Å². The summed E-state index contributed by atoms with van der Waals surface area (Å²) in [7, 11) is 0. The second-order valence-electron chi connectivity index (χ2n) is 6.42. The van der Waals surface area contributed by atoms with Crippen LogP contribution in [0.4, 0.5) is 4.79 Å². The van der Waals surface area contributed by atoms with E-state index >= 15 is 0 Å². The van der Waals surface area contributed by atoms with Gasteiger partial charge in [0, 0.05) is 19.6 Å². The topological polar surface area (TPSA) is 81.1 Å². The van der Waals surface area contributed by atoms with E-state index < -0.39 is 11.4 Å². The highest BCUT2D eigenvalue weighted by Crippen LogP contribution is 2.36. The lowest BCUT2D eigenvalue weighted by molar-refractivity contribution is -0.152. The van der Waals surface area contributed by atoms with Crippen LogP contribution in [-0.4, -0.2) is 64.3 Å². The van der Waals surface area contributed by atoms with Gasteiger partial charge in [0.25, 0.3) is 0 Å². The Morgan fingerprint density at radius 3 is 2.33 bits per heavy atom. The first-order valence-corrected chi connectivity index (χ1v) is 7.85. The Morgan fingerprint density at radius 2 is 1.86 bits per heavy atom. The zero-order valence-electron chi connectivity index (χ0n) is 12.9. The third-order valence-electron chi connectivity index (χ3n) is 5.44. The fraction of sp³-hybridized carbons (Fsp3) is 0.867. The second-order valence-corrected chi connectivity index (χ2v) is 6.42. The van der Waals surface area contributed by atoms with E-state index in [0.717, 1.165) is 6.42 Å². The predicted octanol–water partition coefficient (Wildman–Crippen LogP) is 1.39. The Labute approximate surface area is 125 Å². The summed E-state index contributed by atoms with van der Waals surface area (Å²) >= 11 is 0. The van der Waals surface area contributed by atoms with Crippen LogP contribution in [0.3, 0.4) is 0 Å². The van der Waals surface area contributed by atoms with Gasteiger partial charge >= 0.3 is 12.0 Å². The molecule has 0 bridgehead atoms. The number of urea groups is 1. The summed E-state index contributed by atoms with van der Waals surface area (Å²) in [6.45, 7) is 5.60. The van der Waals surface area contributed by atoms with Crippen molar-refractivity contribution in [3.05, 3.63) is 0 Å². The number of piperidine rings is 1. The van der Waals surface area contributed by atoms with Crippen molar-refractivity contribution in [2.45, 2.75) is 45.6 Å². The number of hydrogen-bond acceptors (Lipinski definition) is 3. The molecule has 2 amide bonds. The number of aliphatic hydroxyl groups is 1. The van der Waals surface area contributed by atoms with E-state index in [4.69, 9.17) is 0 Å². The summed E-state index contributed by atoms with van der Waals surface area (Å²) in [6, 6.07) is -0.150. The van der Waals surface area contributed by atoms with Crippen molar-refractivity contribution in [3.63, 3.8) is 0 Å². The van der Waals surface area contributed by atoms with Gasteiger partial charge < -0.3 is 20.0 Å². The molecule has 6 nitrogen and oxygen atoms in total. The van der Waals surface area contributed by atoms with Crippen LogP contribution in [0, 0.1) is 11.3 Å². The monoisotopic (exact) mass is 298 g/mol. The first-order chi connectivity index (χ1) is 9.95. The van der Waals surface area contributed by atoms with E-state index in [1.807, 2.05) is 6.92 Å². The number of carbonyl (C=O) groups is 2. The van der Waals surface area contributed by atoms with Gasteiger partial charge in [0.15, 0.2) is 0 Å². The van der Waals surface area contributed by atoms with Crippen LogP contribution in [0.25, 0.3) is 0 Å². The van der Waals surface area contributed by atoms with E-state index in [1.165, 1.54) is 0 Å². The zero-order valence-corrected chi connectivity index (χ0v) is 12.9. The maximum atomic E-state index is 12.6. The van der Waals surface area contributed by atoms with E-state index in [0.29, 0.717) is 44.8 Å². The number of carboxylic acid groups (broad SMARTS) is 1. The third-order valence-corrected chi connectivity index (χ3v) is 5.44. The number of likely N-dealkylation sites (tertiary alicyclic amines) is 2. The Balaban J connectivity index is 1.99. The van der Waals surface area contributed by atoms with Crippen molar-refractivity contribution in [1.29, 1.82) is 0 Å². The summed E-state index contributed by atoms with van der Waals surface area (Å²) in [5.41, 5.74) is -0.675. The van der Waals surface area contributed by atoms with Gasteiger partial charge in [0.05, 0.1) is 18.1 Å². The average molecular weight is 298 g/mol. The number of carbonyl (C=O) groups excluding carboxylic acids is 1. The molecule has 2 saturated heterocycles. The molecule has 0 spiro atoms. The van der Waals surface area contributed by atoms with Crippen LogP contribution >= 0.6 is 0 Å². The van der Waals surface area contributed by atoms with Crippen molar-refractivity contribution in [1.82, 2.24) is 9.80 Å². The maximum Gasteiger partial charge on any atom is 0.320 e. The number of hydrogen-bond donors (Lipinski definition) is 2. The Morgan fingerprint density at radius 1 is 1.24 bits per heavy atom. The molecule has 2 N–H and O–H groups in total. The van der Waals surface area contributed by atoms with Crippen LogP contribution in [0.5, 0.6) is 0 Å². The molecule has 0 aromatic carbocycles. The predicted molar refractivity (Wildman–Crippen MR) is 77.9 cm³/mol. The Hall–Kier alpha value is -1.30. The van der Waals surface area contributed by atoms with Gasteiger partial charge in [0.2, 0.25) is 0 Å². The van der Waals surface area contributed by atoms with Crippen molar-refractivity contribution in [2.24, 2.45) is 11.3 Å². The summed E-state index contributed by atoms with van der Waals surface area (Å²) in [5.74, 6) is -0.433. The number of carboxylic acids is 1. The molecule has 2 aliphatic heterocycles. The molecular weight excluding hydrogens is 272 g/mol. The van der Waals surface area contributed by atoms with Gasteiger partial charge in [-0.25, -0.2) is 4.79 Å². The molecule has 0 aromatic heterocycles. The molecule has 2 atom stereocenters. The summed E-state index contributed by atoms with van der Waals surface area (Å²) in [4.78, 5) is 27.5. The standard InChI is InChI=1S/C15H26N2O4/c1-3-15(13(19)20)5-8-16(9-6-15)14(21)17-7-4-11(2)12(17)10-18/h11-12,18H,3-10H2,1-2H3,(H,19,20). The van der Waals surface area contributed by atoms with E-state index in [1.54, 1.807) is 9.80 Å². The van der Waals surface area contributed by atoms with E-state index in [-0.39, 0.29) is 18.7 Å². The molecule has 2 aliphatic rings. The number of aliphatic hydroxyl groups excluding tert-OH is 1. The molecular formula is C15H26N2O4. The molecule has 2 rings (SSSR count). The number of amides is 2. The molecule has 2 fully saturated rings. The number of rotatable bonds is 3. The molecule has 2 unspecified atom stereocenters. The second kappa shape index (κ2) is 6.22. The fourth-order valence-corrected chi connectivity index (χ4v) is 3.55. The highest BCUT2D eigenvalue weighted by Gasteiger charge is 2.43. The number of aliphatic carboxylic acids is 1. The fourth-order valence-electron chi connectivity index (χ4n) is 3.55. The van der Waals surface area contributed by atoms with Crippen LogP contribution in [-0.2, 0) is 4.79 Å². The summed E-state index contributed by atoms with van der Waals surface area (Å²) in [6.07, 6.45) is 2.54.